The Morgan fingerprint density at radius 3 is 2.12 bits per heavy atom. The van der Waals surface area contributed by atoms with Gasteiger partial charge in [0.2, 0.25) is 11.7 Å². The van der Waals surface area contributed by atoms with Crippen molar-refractivity contribution < 1.29 is 28.5 Å². The van der Waals surface area contributed by atoms with Crippen molar-refractivity contribution >= 4 is 40.1 Å². The highest BCUT2D eigenvalue weighted by molar-refractivity contribution is 8.14. The molecule has 41 heavy (non-hydrogen) atoms. The number of allylic oxidation sites excluding steroid dienone is 1. The van der Waals surface area contributed by atoms with Crippen molar-refractivity contribution in [3.63, 3.8) is 0 Å². The monoisotopic (exact) mass is 576 g/mol. The molecule has 0 aliphatic carbocycles. The van der Waals surface area contributed by atoms with Crippen molar-refractivity contribution in [2.24, 2.45) is 4.99 Å². The highest BCUT2D eigenvalue weighted by Gasteiger charge is 2.31. The van der Waals surface area contributed by atoms with Crippen LogP contribution in [0.25, 0.3) is 0 Å². The van der Waals surface area contributed by atoms with E-state index in [-0.39, 0.29) is 17.6 Å². The number of amides is 2. The SMILES string of the molecule is COc1ccccc1NC(=O)CSC1=N[C@@H](c2cc(OC)c(OC)c(OC)c2)C(C(=O)Nc2ccccc2)=C(C)N1. The summed E-state index contributed by atoms with van der Waals surface area (Å²) < 4.78 is 21.9. The summed E-state index contributed by atoms with van der Waals surface area (Å²) in [6.45, 7) is 1.80. The van der Waals surface area contributed by atoms with Gasteiger partial charge in [0.05, 0.1) is 45.5 Å². The van der Waals surface area contributed by atoms with Gasteiger partial charge in [0, 0.05) is 11.4 Å². The average molecular weight is 577 g/mol. The predicted molar refractivity (Wildman–Crippen MR) is 161 cm³/mol. The van der Waals surface area contributed by atoms with Crippen LogP contribution in [0.15, 0.2) is 83.0 Å². The number of carbonyl (C=O) groups is 2. The predicted octanol–water partition coefficient (Wildman–Crippen LogP) is 5.01. The van der Waals surface area contributed by atoms with Gasteiger partial charge in [0.1, 0.15) is 11.8 Å². The topological polar surface area (TPSA) is 120 Å². The number of hydrogen-bond acceptors (Lipinski definition) is 9. The molecule has 0 saturated heterocycles. The summed E-state index contributed by atoms with van der Waals surface area (Å²) in [6.07, 6.45) is 0. The molecule has 0 spiro atoms. The van der Waals surface area contributed by atoms with E-state index in [1.54, 1.807) is 38.3 Å². The van der Waals surface area contributed by atoms with Crippen LogP contribution in [-0.2, 0) is 9.59 Å². The van der Waals surface area contributed by atoms with Crippen molar-refractivity contribution in [2.75, 3.05) is 44.8 Å². The summed E-state index contributed by atoms with van der Waals surface area (Å²) in [5.41, 5.74) is 2.88. The second-order valence-electron chi connectivity index (χ2n) is 8.82. The fourth-order valence-electron chi connectivity index (χ4n) is 4.30. The van der Waals surface area contributed by atoms with Crippen molar-refractivity contribution in [1.29, 1.82) is 0 Å². The van der Waals surface area contributed by atoms with Crippen LogP contribution in [0.2, 0.25) is 0 Å². The van der Waals surface area contributed by atoms with Crippen LogP contribution in [0.1, 0.15) is 18.5 Å². The maximum atomic E-state index is 13.6. The van der Waals surface area contributed by atoms with Crippen LogP contribution in [0.4, 0.5) is 11.4 Å². The normalized spacial score (nSPS) is 14.4. The first-order valence-corrected chi connectivity index (χ1v) is 13.6. The van der Waals surface area contributed by atoms with Crippen molar-refractivity contribution in [2.45, 2.75) is 13.0 Å². The minimum absolute atomic E-state index is 0.0741. The number of hydrogen-bond donors (Lipinski definition) is 3. The molecule has 3 aromatic rings. The number of ether oxygens (including phenoxy) is 4. The molecule has 0 radical (unpaired) electrons. The Balaban J connectivity index is 1.64. The fraction of sp³-hybridized carbons (Fsp3) is 0.233. The Morgan fingerprint density at radius 1 is 0.854 bits per heavy atom. The van der Waals surface area contributed by atoms with Gasteiger partial charge in [0.25, 0.3) is 5.91 Å². The van der Waals surface area contributed by atoms with Gasteiger partial charge in [-0.05, 0) is 48.9 Å². The van der Waals surface area contributed by atoms with Gasteiger partial charge in [-0.1, -0.05) is 42.1 Å². The number of thioether (sulfide) groups is 1. The van der Waals surface area contributed by atoms with Crippen molar-refractivity contribution in [3.05, 3.63) is 83.6 Å². The Bertz CT molecular complexity index is 1450. The zero-order valence-corrected chi connectivity index (χ0v) is 24.3. The highest BCUT2D eigenvalue weighted by Crippen LogP contribution is 2.43. The van der Waals surface area contributed by atoms with Gasteiger partial charge in [0.15, 0.2) is 16.7 Å². The third-order valence-corrected chi connectivity index (χ3v) is 7.11. The Hall–Kier alpha value is -4.64. The molecule has 1 heterocycles. The first-order valence-electron chi connectivity index (χ1n) is 12.7. The standard InChI is InChI=1S/C30H32N4O6S/c1-18-26(29(36)32-20-11-7-6-8-12-20)27(19-15-23(38-3)28(40-5)24(16-19)39-4)34-30(31-18)41-17-25(35)33-21-13-9-10-14-22(21)37-2/h6-16,27H,17H2,1-5H3,(H,31,34)(H,32,36)(H,33,35)/t27-/m0/s1. The quantitative estimate of drug-likeness (QED) is 0.308. The minimum atomic E-state index is -0.728. The summed E-state index contributed by atoms with van der Waals surface area (Å²) in [7, 11) is 6.12. The van der Waals surface area contributed by atoms with Crippen LogP contribution < -0.4 is 34.9 Å². The zero-order valence-electron chi connectivity index (χ0n) is 23.4. The van der Waals surface area contributed by atoms with E-state index in [1.165, 1.54) is 33.1 Å². The lowest BCUT2D eigenvalue weighted by Crippen LogP contribution is -2.32. The van der Waals surface area contributed by atoms with Crippen LogP contribution >= 0.6 is 11.8 Å². The van der Waals surface area contributed by atoms with Gasteiger partial charge in [-0.15, -0.1) is 0 Å². The average Bonchev–Trinajstić information content (AvgIpc) is 2.99. The number of nitrogens with one attached hydrogen (secondary N) is 3. The lowest BCUT2D eigenvalue weighted by Gasteiger charge is -2.27. The number of aliphatic imine (C=N–C) groups is 1. The maximum Gasteiger partial charge on any atom is 0.255 e. The van der Waals surface area contributed by atoms with Gasteiger partial charge >= 0.3 is 0 Å². The van der Waals surface area contributed by atoms with Crippen LogP contribution in [0.5, 0.6) is 23.0 Å². The molecule has 0 saturated carbocycles. The fourth-order valence-corrected chi connectivity index (χ4v) is 5.05. The second kappa shape index (κ2) is 13.6. The van der Waals surface area contributed by atoms with E-state index in [4.69, 9.17) is 23.9 Å². The van der Waals surface area contributed by atoms with E-state index in [0.29, 0.717) is 56.4 Å². The Labute approximate surface area is 243 Å². The minimum Gasteiger partial charge on any atom is -0.495 e. The molecule has 10 nitrogen and oxygen atoms in total. The molecule has 2 amide bonds. The molecule has 3 N–H and O–H groups in total. The smallest absolute Gasteiger partial charge is 0.255 e. The van der Waals surface area contributed by atoms with Gasteiger partial charge in [-0.3, -0.25) is 9.59 Å². The number of carbonyl (C=O) groups excluding carboxylic acids is 2. The number of para-hydroxylation sites is 3. The molecule has 0 bridgehead atoms. The Kier molecular flexibility index (Phi) is 9.75. The van der Waals surface area contributed by atoms with E-state index >= 15 is 0 Å². The van der Waals surface area contributed by atoms with E-state index in [0.717, 1.165) is 0 Å². The third kappa shape index (κ3) is 6.93. The molecular formula is C30H32N4O6S. The molecule has 1 aliphatic rings. The maximum absolute atomic E-state index is 13.6. The number of methoxy groups -OCH3 is 4. The lowest BCUT2D eigenvalue weighted by atomic mass is 9.95. The number of rotatable bonds is 10. The van der Waals surface area contributed by atoms with Gasteiger partial charge in [-0.25, -0.2) is 4.99 Å². The van der Waals surface area contributed by atoms with E-state index in [2.05, 4.69) is 16.0 Å². The van der Waals surface area contributed by atoms with Gasteiger partial charge < -0.3 is 34.9 Å². The van der Waals surface area contributed by atoms with Crippen LogP contribution in [-0.4, -0.2) is 51.2 Å². The molecule has 1 atom stereocenters. The molecular weight excluding hydrogens is 544 g/mol. The van der Waals surface area contributed by atoms with E-state index in [9.17, 15) is 9.59 Å². The van der Waals surface area contributed by atoms with Crippen LogP contribution in [0, 0.1) is 0 Å². The summed E-state index contributed by atoms with van der Waals surface area (Å²) in [4.78, 5) is 31.2. The summed E-state index contributed by atoms with van der Waals surface area (Å²) in [5.74, 6) is 1.38. The number of amidine groups is 1. The van der Waals surface area contributed by atoms with Gasteiger partial charge in [-0.2, -0.15) is 0 Å². The molecule has 4 rings (SSSR count). The molecule has 11 heteroatoms. The number of benzene rings is 3. The molecule has 3 aromatic carbocycles. The number of nitrogens with zero attached hydrogens (tertiary/aromatic N) is 1. The molecule has 0 fully saturated rings. The first-order chi connectivity index (χ1) is 19.9. The summed E-state index contributed by atoms with van der Waals surface area (Å²) in [5, 5.41) is 9.48. The largest absolute Gasteiger partial charge is 0.495 e. The number of anilines is 2. The summed E-state index contributed by atoms with van der Waals surface area (Å²) in [6, 6.07) is 19.2. The lowest BCUT2D eigenvalue weighted by molar-refractivity contribution is -0.114. The molecule has 1 aliphatic heterocycles. The summed E-state index contributed by atoms with van der Waals surface area (Å²) >= 11 is 1.22. The molecule has 214 valence electrons. The first kappa shape index (κ1) is 29.3. The van der Waals surface area contributed by atoms with Crippen molar-refractivity contribution in [1.82, 2.24) is 5.32 Å². The second-order valence-corrected chi connectivity index (χ2v) is 9.78. The highest BCUT2D eigenvalue weighted by atomic mass is 32.2. The van der Waals surface area contributed by atoms with E-state index < -0.39 is 6.04 Å². The zero-order chi connectivity index (χ0) is 29.4. The third-order valence-electron chi connectivity index (χ3n) is 6.22. The molecule has 0 aromatic heterocycles. The van der Waals surface area contributed by atoms with Crippen LogP contribution in [0.3, 0.4) is 0 Å². The van der Waals surface area contributed by atoms with E-state index in [1.807, 2.05) is 42.5 Å². The van der Waals surface area contributed by atoms with Crippen molar-refractivity contribution in [3.8, 4) is 23.0 Å². The molecule has 0 unspecified atom stereocenters. The Morgan fingerprint density at radius 2 is 1.49 bits per heavy atom.